The molecule has 2 aromatic heterocycles. The van der Waals surface area contributed by atoms with Crippen LogP contribution in [0.25, 0.3) is 11.0 Å². The number of carbonyl (C=O) groups is 2. The molecule has 3 aromatic rings. The molecule has 1 saturated carbocycles. The van der Waals surface area contributed by atoms with Gasteiger partial charge in [-0.2, -0.15) is 18.3 Å². The summed E-state index contributed by atoms with van der Waals surface area (Å²) < 4.78 is 62.2. The van der Waals surface area contributed by atoms with Gasteiger partial charge in [-0.25, -0.2) is 23.4 Å². The highest BCUT2D eigenvalue weighted by molar-refractivity contribution is 5.90. The first-order valence-corrected chi connectivity index (χ1v) is 11.7. The molecule has 9 nitrogen and oxygen atoms in total. The highest BCUT2D eigenvalue weighted by Crippen LogP contribution is 2.32. The van der Waals surface area contributed by atoms with E-state index in [4.69, 9.17) is 0 Å². The Balaban J connectivity index is 0.000000405. The van der Waals surface area contributed by atoms with E-state index < -0.39 is 36.8 Å². The fraction of sp³-hybridized carbons (Fsp3) is 0.522. The first kappa shape index (κ1) is 28.0. The standard InChI is InChI=1S/C17H18F3N7O2.C6H10F2/c1-27-15(23-9-24-27)16(29)22-8-13-25-11-3-2-10(6-12(11)26-13)7-21-14(28)4-5-17(18,19)20;7-6(8)4-2-1-3-5-6/h2-3,6,9H,4-5,7-8H2,1H3,(H,21,28)(H,22,29)(H,25,26);1-5H2. The minimum absolute atomic E-state index is 0.101. The number of alkyl halides is 5. The number of aromatic amines is 1. The summed E-state index contributed by atoms with van der Waals surface area (Å²) in [6.07, 6.45) is -2.17. The first-order chi connectivity index (χ1) is 17.4. The van der Waals surface area contributed by atoms with Crippen LogP contribution in [-0.2, 0) is 24.9 Å². The molecule has 2 heterocycles. The highest BCUT2D eigenvalue weighted by Gasteiger charge is 2.30. The van der Waals surface area contributed by atoms with Crippen LogP contribution in [0.4, 0.5) is 22.0 Å². The molecule has 202 valence electrons. The van der Waals surface area contributed by atoms with Gasteiger partial charge >= 0.3 is 6.18 Å². The van der Waals surface area contributed by atoms with Crippen molar-refractivity contribution in [1.29, 1.82) is 0 Å². The number of imidazole rings is 1. The fourth-order valence-corrected chi connectivity index (χ4v) is 3.66. The summed E-state index contributed by atoms with van der Waals surface area (Å²) in [4.78, 5) is 34.8. The lowest BCUT2D eigenvalue weighted by Gasteiger charge is -2.20. The van der Waals surface area contributed by atoms with Gasteiger partial charge in [0.05, 0.1) is 24.0 Å². The lowest BCUT2D eigenvalue weighted by atomic mass is 9.97. The number of benzene rings is 1. The van der Waals surface area contributed by atoms with Crippen LogP contribution in [0.5, 0.6) is 0 Å². The molecule has 0 atom stereocenters. The van der Waals surface area contributed by atoms with Gasteiger partial charge in [0.1, 0.15) is 12.2 Å². The highest BCUT2D eigenvalue weighted by atomic mass is 19.4. The molecule has 0 saturated heterocycles. The minimum atomic E-state index is -4.36. The minimum Gasteiger partial charge on any atom is -0.352 e. The van der Waals surface area contributed by atoms with Crippen LogP contribution in [0.2, 0.25) is 0 Å². The number of fused-ring (bicyclic) bond motifs is 1. The van der Waals surface area contributed by atoms with E-state index in [1.165, 1.54) is 11.0 Å². The summed E-state index contributed by atoms with van der Waals surface area (Å²) in [5, 5.41) is 8.96. The van der Waals surface area contributed by atoms with Gasteiger partial charge in [-0.15, -0.1) is 0 Å². The first-order valence-electron chi connectivity index (χ1n) is 11.7. The Morgan fingerprint density at radius 3 is 2.43 bits per heavy atom. The van der Waals surface area contributed by atoms with E-state index in [-0.39, 0.29) is 31.8 Å². The van der Waals surface area contributed by atoms with Crippen molar-refractivity contribution in [2.24, 2.45) is 7.05 Å². The largest absolute Gasteiger partial charge is 0.389 e. The van der Waals surface area contributed by atoms with Gasteiger partial charge in [-0.05, 0) is 30.5 Å². The molecular formula is C23H28F5N7O2. The number of nitrogens with one attached hydrogen (secondary N) is 3. The average molecular weight is 530 g/mol. The second-order valence-corrected chi connectivity index (χ2v) is 8.73. The maximum Gasteiger partial charge on any atom is 0.389 e. The lowest BCUT2D eigenvalue weighted by Crippen LogP contribution is -2.26. The molecule has 1 aromatic carbocycles. The van der Waals surface area contributed by atoms with Crippen LogP contribution in [0.1, 0.15) is 67.0 Å². The van der Waals surface area contributed by atoms with Gasteiger partial charge in [-0.1, -0.05) is 12.5 Å². The third kappa shape index (κ3) is 9.10. The zero-order chi connectivity index (χ0) is 27.1. The van der Waals surface area contributed by atoms with E-state index >= 15 is 0 Å². The molecular weight excluding hydrogens is 501 g/mol. The smallest absolute Gasteiger partial charge is 0.352 e. The molecule has 0 spiro atoms. The maximum absolute atomic E-state index is 12.2. The molecule has 0 unspecified atom stereocenters. The Hall–Kier alpha value is -3.58. The maximum atomic E-state index is 12.2. The van der Waals surface area contributed by atoms with Gasteiger partial charge in [0.2, 0.25) is 17.7 Å². The third-order valence-electron chi connectivity index (χ3n) is 5.64. The normalized spacial score (nSPS) is 15.1. The summed E-state index contributed by atoms with van der Waals surface area (Å²) >= 11 is 0. The Morgan fingerprint density at radius 2 is 1.84 bits per heavy atom. The van der Waals surface area contributed by atoms with E-state index in [9.17, 15) is 31.5 Å². The van der Waals surface area contributed by atoms with Crippen molar-refractivity contribution in [2.75, 3.05) is 0 Å². The number of halogens is 5. The molecule has 3 N–H and O–H groups in total. The van der Waals surface area contributed by atoms with E-state index in [1.807, 2.05) is 0 Å². The third-order valence-corrected chi connectivity index (χ3v) is 5.64. The van der Waals surface area contributed by atoms with Crippen molar-refractivity contribution in [3.8, 4) is 0 Å². The zero-order valence-electron chi connectivity index (χ0n) is 20.2. The number of carbonyl (C=O) groups excluding carboxylic acids is 2. The van der Waals surface area contributed by atoms with Crippen LogP contribution in [-0.4, -0.2) is 48.6 Å². The Labute approximate surface area is 209 Å². The second kappa shape index (κ2) is 12.1. The quantitative estimate of drug-likeness (QED) is 0.397. The molecule has 0 bridgehead atoms. The lowest BCUT2D eigenvalue weighted by molar-refractivity contribution is -0.144. The Kier molecular flexibility index (Phi) is 9.16. The van der Waals surface area contributed by atoms with Crippen LogP contribution in [0.15, 0.2) is 24.5 Å². The molecule has 1 aliphatic rings. The Bertz CT molecular complexity index is 1200. The fourth-order valence-electron chi connectivity index (χ4n) is 3.66. The van der Waals surface area contributed by atoms with E-state index in [1.54, 1.807) is 25.2 Å². The topological polar surface area (TPSA) is 118 Å². The van der Waals surface area contributed by atoms with Crippen LogP contribution in [0, 0.1) is 0 Å². The van der Waals surface area contributed by atoms with Gasteiger partial charge in [0, 0.05) is 32.9 Å². The SMILES string of the molecule is Cn1ncnc1C(=O)NCc1nc2ccc(CNC(=O)CCC(F)(F)F)cc2[nH]1.FC1(F)CCCCC1. The van der Waals surface area contributed by atoms with E-state index in [0.717, 1.165) is 6.42 Å². The second-order valence-electron chi connectivity index (χ2n) is 8.73. The van der Waals surface area contributed by atoms with Crippen molar-refractivity contribution < 1.29 is 31.5 Å². The summed E-state index contributed by atoms with van der Waals surface area (Å²) in [5.41, 5.74) is 2.03. The van der Waals surface area contributed by atoms with Gasteiger partial charge in [0.25, 0.3) is 5.91 Å². The molecule has 37 heavy (non-hydrogen) atoms. The van der Waals surface area contributed by atoms with Crippen LogP contribution < -0.4 is 10.6 Å². The number of aryl methyl sites for hydroxylation is 1. The number of rotatable bonds is 7. The number of aromatic nitrogens is 5. The van der Waals surface area contributed by atoms with Crippen molar-refractivity contribution in [3.63, 3.8) is 0 Å². The number of hydrogen-bond acceptors (Lipinski definition) is 5. The zero-order valence-corrected chi connectivity index (χ0v) is 20.2. The summed E-state index contributed by atoms with van der Waals surface area (Å²) in [7, 11) is 1.60. The van der Waals surface area contributed by atoms with Crippen molar-refractivity contribution in [3.05, 3.63) is 41.7 Å². The van der Waals surface area contributed by atoms with Gasteiger partial charge in [-0.3, -0.25) is 9.59 Å². The molecule has 2 amide bonds. The van der Waals surface area contributed by atoms with E-state index in [0.29, 0.717) is 35.3 Å². The monoisotopic (exact) mass is 529 g/mol. The number of amides is 2. The van der Waals surface area contributed by atoms with Crippen LogP contribution in [0.3, 0.4) is 0 Å². The summed E-state index contributed by atoms with van der Waals surface area (Å²) in [6.45, 7) is 0.244. The summed E-state index contributed by atoms with van der Waals surface area (Å²) in [5.74, 6) is -2.70. The molecule has 1 fully saturated rings. The Morgan fingerprint density at radius 1 is 1.11 bits per heavy atom. The number of H-pyrrole nitrogens is 1. The predicted octanol–water partition coefficient (Wildman–Crippen LogP) is 4.17. The van der Waals surface area contributed by atoms with Crippen molar-refractivity contribution in [2.45, 2.75) is 70.1 Å². The number of hydrogen-bond donors (Lipinski definition) is 3. The predicted molar refractivity (Wildman–Crippen MR) is 123 cm³/mol. The molecule has 0 aliphatic heterocycles. The van der Waals surface area contributed by atoms with Gasteiger partial charge < -0.3 is 15.6 Å². The van der Waals surface area contributed by atoms with E-state index in [2.05, 4.69) is 30.7 Å². The molecule has 0 radical (unpaired) electrons. The summed E-state index contributed by atoms with van der Waals surface area (Å²) in [6, 6.07) is 5.17. The molecule has 14 heteroatoms. The number of nitrogens with zero attached hydrogens (tertiary/aromatic N) is 4. The van der Waals surface area contributed by atoms with Gasteiger partial charge in [0.15, 0.2) is 0 Å². The van der Waals surface area contributed by atoms with Crippen LogP contribution >= 0.6 is 0 Å². The van der Waals surface area contributed by atoms with Crippen molar-refractivity contribution in [1.82, 2.24) is 35.4 Å². The molecule has 4 rings (SSSR count). The molecule has 1 aliphatic carbocycles. The average Bonchev–Trinajstić information content (AvgIpc) is 3.45. The van der Waals surface area contributed by atoms with Crippen molar-refractivity contribution >= 4 is 22.8 Å².